The number of benzene rings is 2. The third-order valence-electron chi connectivity index (χ3n) is 2.70. The largest absolute Gasteiger partial charge is 0.342 e. The second-order valence-corrected chi connectivity index (χ2v) is 4.46. The van der Waals surface area contributed by atoms with Gasteiger partial charge < -0.3 is 4.98 Å². The Hall–Kier alpha value is -2.40. The van der Waals surface area contributed by atoms with E-state index in [4.69, 9.17) is 12.2 Å². The zero-order valence-corrected chi connectivity index (χ0v) is 10.9. The van der Waals surface area contributed by atoms with Crippen molar-refractivity contribution in [3.8, 4) is 0 Å². The lowest BCUT2D eigenvalue weighted by Gasteiger charge is -2.09. The van der Waals surface area contributed by atoms with E-state index in [2.05, 4.69) is 20.8 Å². The maximum Gasteiger partial charge on any atom is 0.180 e. The number of hydrazine groups is 1. The molecule has 0 aliphatic carbocycles. The maximum atomic E-state index is 5.27. The van der Waals surface area contributed by atoms with Gasteiger partial charge in [-0.3, -0.25) is 10.9 Å². The minimum atomic E-state index is 0.571. The molecule has 0 radical (unpaired) electrons. The summed E-state index contributed by atoms with van der Waals surface area (Å²) in [5.41, 5.74) is 8.84. The number of para-hydroxylation sites is 3. The Morgan fingerprint density at radius 1 is 0.895 bits per heavy atom. The van der Waals surface area contributed by atoms with Crippen LogP contribution in [0.2, 0.25) is 0 Å². The number of hydrogen-bond acceptors (Lipinski definition) is 4. The molecule has 94 valence electrons. The van der Waals surface area contributed by atoms with Gasteiger partial charge in [-0.15, -0.1) is 0 Å². The van der Waals surface area contributed by atoms with Gasteiger partial charge >= 0.3 is 0 Å². The van der Waals surface area contributed by atoms with E-state index in [0.29, 0.717) is 10.5 Å². The molecule has 4 nitrogen and oxygen atoms in total. The van der Waals surface area contributed by atoms with Crippen LogP contribution >= 0.6 is 12.2 Å². The van der Waals surface area contributed by atoms with Crippen LogP contribution in [0.15, 0.2) is 54.6 Å². The predicted molar refractivity (Wildman–Crippen MR) is 80.6 cm³/mol. The Morgan fingerprint density at radius 2 is 1.63 bits per heavy atom. The predicted octanol–water partition coefficient (Wildman–Crippen LogP) is 3.73. The summed E-state index contributed by atoms with van der Waals surface area (Å²) in [5.74, 6) is 0.609. The van der Waals surface area contributed by atoms with Crippen molar-refractivity contribution in [3.63, 3.8) is 0 Å². The van der Waals surface area contributed by atoms with E-state index in [-0.39, 0.29) is 0 Å². The van der Waals surface area contributed by atoms with Crippen molar-refractivity contribution in [2.45, 2.75) is 0 Å². The highest BCUT2D eigenvalue weighted by Gasteiger charge is 2.00. The minimum Gasteiger partial charge on any atom is -0.342 e. The molecule has 0 aliphatic rings. The molecule has 3 aromatic rings. The number of aromatic amines is 1. The second kappa shape index (κ2) is 5.07. The number of nitrogens with zero attached hydrogens (tertiary/aromatic N) is 1. The summed E-state index contributed by atoms with van der Waals surface area (Å²) in [4.78, 5) is 7.63. The molecular formula is C14H12N4S. The average molecular weight is 268 g/mol. The highest BCUT2D eigenvalue weighted by molar-refractivity contribution is 7.71. The van der Waals surface area contributed by atoms with Crippen LogP contribution in [0, 0.1) is 4.64 Å². The number of hydrogen-bond donors (Lipinski definition) is 3. The molecule has 0 saturated carbocycles. The van der Waals surface area contributed by atoms with Crippen molar-refractivity contribution in [2.24, 2.45) is 0 Å². The van der Waals surface area contributed by atoms with Crippen LogP contribution in [-0.4, -0.2) is 9.97 Å². The number of anilines is 2. The van der Waals surface area contributed by atoms with Crippen LogP contribution in [0.4, 0.5) is 11.5 Å². The molecule has 3 rings (SSSR count). The van der Waals surface area contributed by atoms with Crippen molar-refractivity contribution in [1.29, 1.82) is 0 Å². The molecule has 19 heavy (non-hydrogen) atoms. The van der Waals surface area contributed by atoms with Crippen LogP contribution in [0.25, 0.3) is 11.0 Å². The summed E-state index contributed by atoms with van der Waals surface area (Å²) < 4.78 is 0.571. The topological polar surface area (TPSA) is 52.7 Å². The van der Waals surface area contributed by atoms with Crippen LogP contribution in [-0.2, 0) is 0 Å². The molecule has 0 atom stereocenters. The minimum absolute atomic E-state index is 0.571. The SMILES string of the molecule is S=c1[nH]c2ccccc2nc1NNc1ccccc1. The molecule has 0 aliphatic heterocycles. The number of fused-ring (bicyclic) bond motifs is 1. The van der Waals surface area contributed by atoms with Crippen molar-refractivity contribution in [3.05, 3.63) is 59.2 Å². The fourth-order valence-corrected chi connectivity index (χ4v) is 1.97. The fraction of sp³-hybridized carbons (Fsp3) is 0. The summed E-state index contributed by atoms with van der Waals surface area (Å²) >= 11 is 5.27. The molecule has 0 bridgehead atoms. The molecule has 2 aromatic carbocycles. The number of H-pyrrole nitrogens is 1. The third-order valence-corrected chi connectivity index (χ3v) is 2.99. The van der Waals surface area contributed by atoms with E-state index in [9.17, 15) is 0 Å². The summed E-state index contributed by atoms with van der Waals surface area (Å²) in [6.45, 7) is 0. The number of nitrogens with one attached hydrogen (secondary N) is 3. The van der Waals surface area contributed by atoms with Crippen molar-refractivity contribution in [1.82, 2.24) is 9.97 Å². The molecule has 3 N–H and O–H groups in total. The molecule has 0 saturated heterocycles. The zero-order valence-electron chi connectivity index (χ0n) is 10.1. The first-order chi connectivity index (χ1) is 9.33. The maximum absolute atomic E-state index is 5.27. The molecule has 5 heteroatoms. The van der Waals surface area contributed by atoms with Crippen molar-refractivity contribution >= 4 is 34.8 Å². The molecule has 0 fully saturated rings. The molecule has 1 aromatic heterocycles. The van der Waals surface area contributed by atoms with Gasteiger partial charge in [-0.05, 0) is 24.3 Å². The smallest absolute Gasteiger partial charge is 0.180 e. The van der Waals surface area contributed by atoms with E-state index in [1.807, 2.05) is 54.6 Å². The standard InChI is InChI=1S/C14H12N4S/c19-14-13(18-17-10-6-2-1-3-7-10)15-11-8-4-5-9-12(11)16-14/h1-9,17H,(H,15,18)(H,16,19). The van der Waals surface area contributed by atoms with Gasteiger partial charge in [0.2, 0.25) is 0 Å². The van der Waals surface area contributed by atoms with Gasteiger partial charge in [0.25, 0.3) is 0 Å². The monoisotopic (exact) mass is 268 g/mol. The lowest BCUT2D eigenvalue weighted by molar-refractivity contribution is 1.23. The van der Waals surface area contributed by atoms with E-state index in [1.54, 1.807) is 0 Å². The molecule has 1 heterocycles. The van der Waals surface area contributed by atoms with Gasteiger partial charge in [0, 0.05) is 0 Å². The summed E-state index contributed by atoms with van der Waals surface area (Å²) in [6, 6.07) is 17.6. The van der Waals surface area contributed by atoms with E-state index >= 15 is 0 Å². The first-order valence-corrected chi connectivity index (χ1v) is 6.30. The van der Waals surface area contributed by atoms with Gasteiger partial charge in [-0.25, -0.2) is 4.98 Å². The summed E-state index contributed by atoms with van der Waals surface area (Å²) in [5, 5.41) is 0. The molecular weight excluding hydrogens is 256 g/mol. The normalized spacial score (nSPS) is 10.3. The third kappa shape index (κ3) is 2.56. The van der Waals surface area contributed by atoms with Crippen LogP contribution in [0.5, 0.6) is 0 Å². The van der Waals surface area contributed by atoms with Gasteiger partial charge in [0.1, 0.15) is 4.64 Å². The lowest BCUT2D eigenvalue weighted by Crippen LogP contribution is -2.10. The Kier molecular flexibility index (Phi) is 3.12. The molecule has 0 spiro atoms. The highest BCUT2D eigenvalue weighted by Crippen LogP contribution is 2.14. The van der Waals surface area contributed by atoms with Crippen LogP contribution in [0.3, 0.4) is 0 Å². The summed E-state index contributed by atoms with van der Waals surface area (Å²) in [7, 11) is 0. The number of aromatic nitrogens is 2. The second-order valence-electron chi connectivity index (χ2n) is 4.05. The van der Waals surface area contributed by atoms with Crippen molar-refractivity contribution in [2.75, 3.05) is 10.9 Å². The first kappa shape index (κ1) is 11.7. The van der Waals surface area contributed by atoms with Crippen LogP contribution < -0.4 is 10.9 Å². The Labute approximate surface area is 115 Å². The van der Waals surface area contributed by atoms with Gasteiger partial charge in [-0.2, -0.15) is 0 Å². The van der Waals surface area contributed by atoms with Crippen LogP contribution in [0.1, 0.15) is 0 Å². The quantitative estimate of drug-likeness (QED) is 0.500. The molecule has 0 unspecified atom stereocenters. The van der Waals surface area contributed by atoms with Gasteiger partial charge in [-0.1, -0.05) is 42.5 Å². The fourth-order valence-electron chi connectivity index (χ4n) is 1.77. The zero-order chi connectivity index (χ0) is 13.1. The summed E-state index contributed by atoms with van der Waals surface area (Å²) in [6.07, 6.45) is 0. The highest BCUT2D eigenvalue weighted by atomic mass is 32.1. The Balaban J connectivity index is 1.89. The lowest BCUT2D eigenvalue weighted by atomic mass is 10.3. The Bertz CT molecular complexity index is 752. The average Bonchev–Trinajstić information content (AvgIpc) is 2.46. The van der Waals surface area contributed by atoms with Gasteiger partial charge in [0.05, 0.1) is 16.7 Å². The van der Waals surface area contributed by atoms with E-state index in [1.165, 1.54) is 0 Å². The van der Waals surface area contributed by atoms with Crippen molar-refractivity contribution < 1.29 is 0 Å². The Morgan fingerprint density at radius 3 is 2.47 bits per heavy atom. The van der Waals surface area contributed by atoms with Gasteiger partial charge in [0.15, 0.2) is 5.82 Å². The van der Waals surface area contributed by atoms with E-state index in [0.717, 1.165) is 16.7 Å². The number of rotatable bonds is 3. The van der Waals surface area contributed by atoms with E-state index < -0.39 is 0 Å². The molecule has 0 amide bonds. The first-order valence-electron chi connectivity index (χ1n) is 5.89.